The van der Waals surface area contributed by atoms with Crippen molar-refractivity contribution in [3.05, 3.63) is 45.2 Å². The van der Waals surface area contributed by atoms with E-state index in [0.717, 1.165) is 17.8 Å². The molecule has 0 bridgehead atoms. The van der Waals surface area contributed by atoms with Crippen molar-refractivity contribution in [1.29, 1.82) is 0 Å². The van der Waals surface area contributed by atoms with Crippen LogP contribution < -0.4 is 4.74 Å². The first-order valence-corrected chi connectivity index (χ1v) is 9.03. The number of Topliss-reactive ketones (excluding diaryl/α,β-unsaturated/α-hetero) is 1. The molecular weight excluding hydrogens is 589 g/mol. The summed E-state index contributed by atoms with van der Waals surface area (Å²) in [5, 5.41) is 1.89. The Bertz CT molecular complexity index is 544. The number of rotatable bonds is 4. The van der Waals surface area contributed by atoms with Crippen LogP contribution in [0.3, 0.4) is 0 Å². The maximum Gasteiger partial charge on any atom is 0.210 e. The zero-order chi connectivity index (χ0) is 13.1. The van der Waals surface area contributed by atoms with Crippen molar-refractivity contribution in [2.75, 3.05) is 6.61 Å². The summed E-state index contributed by atoms with van der Waals surface area (Å²) in [5.74, 6) is 0.816. The summed E-state index contributed by atoms with van der Waals surface area (Å²) in [4.78, 5) is 12.6. The molecule has 0 amide bonds. The van der Waals surface area contributed by atoms with Gasteiger partial charge in [0.05, 0.1) is 12.0 Å². The molecule has 0 saturated heterocycles. The minimum Gasteiger partial charge on any atom is -0.483 e. The monoisotopic (exact) mass is 596 g/mol. The Labute approximate surface area is 150 Å². The van der Waals surface area contributed by atoms with Gasteiger partial charge in [-0.15, -0.1) is 11.3 Å². The first-order valence-electron chi connectivity index (χ1n) is 4.92. The van der Waals surface area contributed by atoms with Crippen molar-refractivity contribution >= 4 is 84.9 Å². The quantitative estimate of drug-likeness (QED) is 0.374. The molecule has 0 unspecified atom stereocenters. The highest BCUT2D eigenvalue weighted by Crippen LogP contribution is 2.29. The Morgan fingerprint density at radius 1 is 1.22 bits per heavy atom. The molecule has 1 aromatic heterocycles. The largest absolute Gasteiger partial charge is 0.483 e. The van der Waals surface area contributed by atoms with E-state index >= 15 is 0 Å². The number of carbonyl (C=O) groups excluding carboxylic acids is 1. The molecule has 1 heterocycles. The van der Waals surface area contributed by atoms with E-state index in [2.05, 4.69) is 67.8 Å². The van der Waals surface area contributed by atoms with Crippen molar-refractivity contribution in [2.24, 2.45) is 0 Å². The number of carbonyl (C=O) groups is 1. The van der Waals surface area contributed by atoms with E-state index in [1.807, 2.05) is 29.6 Å². The Kier molecular flexibility index (Phi) is 5.69. The molecule has 0 N–H and O–H groups in total. The minimum atomic E-state index is 0.0233. The normalized spacial score (nSPS) is 10.4. The fraction of sp³-hybridized carbons (Fsp3) is 0.0833. The number of ether oxygens (including phenoxy) is 1. The molecule has 18 heavy (non-hydrogen) atoms. The van der Waals surface area contributed by atoms with E-state index < -0.39 is 0 Å². The lowest BCUT2D eigenvalue weighted by Crippen LogP contribution is -2.11. The fourth-order valence-electron chi connectivity index (χ4n) is 1.31. The maximum atomic E-state index is 11.8. The standard InChI is InChI=1S/C12H7I3O2S/c13-7-4-8(14)12(9(15)5-7)17-6-10(16)11-2-1-3-18-11/h1-5H,6H2. The van der Waals surface area contributed by atoms with E-state index in [1.165, 1.54) is 14.9 Å². The summed E-state index contributed by atoms with van der Waals surface area (Å²) in [5.41, 5.74) is 0. The van der Waals surface area contributed by atoms with Gasteiger partial charge in [-0.1, -0.05) is 6.07 Å². The number of ketones is 1. The molecule has 0 atom stereocenters. The molecule has 0 aliphatic rings. The van der Waals surface area contributed by atoms with Crippen LogP contribution in [0.1, 0.15) is 9.67 Å². The Morgan fingerprint density at radius 3 is 2.44 bits per heavy atom. The molecule has 0 spiro atoms. The van der Waals surface area contributed by atoms with Gasteiger partial charge in [0.2, 0.25) is 5.78 Å². The highest BCUT2D eigenvalue weighted by Gasteiger charge is 2.12. The molecule has 1 aromatic carbocycles. The van der Waals surface area contributed by atoms with Crippen LogP contribution >= 0.6 is 79.1 Å². The van der Waals surface area contributed by atoms with Gasteiger partial charge in [0.15, 0.2) is 6.61 Å². The van der Waals surface area contributed by atoms with Crippen LogP contribution in [0.4, 0.5) is 0 Å². The molecule has 2 aromatic rings. The molecule has 0 aliphatic heterocycles. The number of thiophene rings is 1. The maximum absolute atomic E-state index is 11.8. The third-order valence-corrected chi connectivity index (χ3v) is 5.24. The molecular formula is C12H7I3O2S. The lowest BCUT2D eigenvalue weighted by molar-refractivity contribution is 0.0924. The van der Waals surface area contributed by atoms with E-state index in [4.69, 9.17) is 4.74 Å². The van der Waals surface area contributed by atoms with Crippen LogP contribution in [0, 0.1) is 10.7 Å². The van der Waals surface area contributed by atoms with Crippen LogP contribution in [0.15, 0.2) is 29.6 Å². The van der Waals surface area contributed by atoms with Gasteiger partial charge in [-0.3, -0.25) is 4.79 Å². The van der Waals surface area contributed by atoms with Gasteiger partial charge in [0.25, 0.3) is 0 Å². The molecule has 2 rings (SSSR count). The summed E-state index contributed by atoms with van der Waals surface area (Å²) in [7, 11) is 0. The van der Waals surface area contributed by atoms with E-state index in [0.29, 0.717) is 0 Å². The molecule has 6 heteroatoms. The van der Waals surface area contributed by atoms with Crippen molar-refractivity contribution in [2.45, 2.75) is 0 Å². The van der Waals surface area contributed by atoms with Crippen LogP contribution in [-0.4, -0.2) is 12.4 Å². The summed E-state index contributed by atoms with van der Waals surface area (Å²) >= 11 is 8.17. The number of hydrogen-bond donors (Lipinski definition) is 0. The molecule has 0 radical (unpaired) electrons. The van der Waals surface area contributed by atoms with Crippen LogP contribution in [-0.2, 0) is 0 Å². The van der Waals surface area contributed by atoms with Crippen molar-refractivity contribution < 1.29 is 9.53 Å². The zero-order valence-corrected chi connectivity index (χ0v) is 16.2. The average Bonchev–Trinajstić information content (AvgIpc) is 2.80. The topological polar surface area (TPSA) is 26.3 Å². The molecule has 0 aliphatic carbocycles. The summed E-state index contributed by atoms with van der Waals surface area (Å²) in [6.45, 7) is 0.0904. The molecule has 2 nitrogen and oxygen atoms in total. The van der Waals surface area contributed by atoms with Gasteiger partial charge in [0, 0.05) is 3.57 Å². The summed E-state index contributed by atoms with van der Waals surface area (Å²) in [6.07, 6.45) is 0. The molecule has 0 saturated carbocycles. The first-order chi connectivity index (χ1) is 8.58. The van der Waals surface area contributed by atoms with E-state index in [-0.39, 0.29) is 12.4 Å². The van der Waals surface area contributed by atoms with Gasteiger partial charge >= 0.3 is 0 Å². The second-order valence-corrected chi connectivity index (χ2v) is 7.91. The van der Waals surface area contributed by atoms with Crippen LogP contribution in [0.2, 0.25) is 0 Å². The third kappa shape index (κ3) is 3.79. The fourth-order valence-corrected chi connectivity index (χ4v) is 5.86. The Balaban J connectivity index is 2.09. The average molecular weight is 596 g/mol. The number of benzene rings is 1. The van der Waals surface area contributed by atoms with Gasteiger partial charge in [0.1, 0.15) is 5.75 Å². The predicted molar refractivity (Wildman–Crippen MR) is 98.7 cm³/mol. The number of hydrogen-bond acceptors (Lipinski definition) is 3. The van der Waals surface area contributed by atoms with E-state index in [9.17, 15) is 4.79 Å². The lowest BCUT2D eigenvalue weighted by atomic mass is 10.3. The zero-order valence-electron chi connectivity index (χ0n) is 8.95. The van der Waals surface area contributed by atoms with E-state index in [1.54, 1.807) is 0 Å². The summed E-state index contributed by atoms with van der Waals surface area (Å²) in [6, 6.07) is 7.76. The molecule has 94 valence electrons. The third-order valence-electron chi connectivity index (χ3n) is 2.11. The van der Waals surface area contributed by atoms with Gasteiger partial charge in [-0.2, -0.15) is 0 Å². The second kappa shape index (κ2) is 6.84. The van der Waals surface area contributed by atoms with Crippen molar-refractivity contribution in [3.8, 4) is 5.75 Å². The number of halogens is 3. The second-order valence-electron chi connectivity index (χ2n) is 3.39. The molecule has 0 fully saturated rings. The minimum absolute atomic E-state index is 0.0233. The van der Waals surface area contributed by atoms with Crippen LogP contribution in [0.25, 0.3) is 0 Å². The van der Waals surface area contributed by atoms with Crippen molar-refractivity contribution in [3.63, 3.8) is 0 Å². The SMILES string of the molecule is O=C(COc1c(I)cc(I)cc1I)c1cccs1. The van der Waals surface area contributed by atoms with Gasteiger partial charge in [-0.25, -0.2) is 0 Å². The highest BCUT2D eigenvalue weighted by atomic mass is 127. The van der Waals surface area contributed by atoms with Gasteiger partial charge < -0.3 is 4.74 Å². The van der Waals surface area contributed by atoms with Crippen molar-refractivity contribution in [1.82, 2.24) is 0 Å². The smallest absolute Gasteiger partial charge is 0.210 e. The predicted octanol–water partition coefficient (Wildman–Crippen LogP) is 4.82. The van der Waals surface area contributed by atoms with Gasteiger partial charge in [-0.05, 0) is 91.4 Å². The highest BCUT2D eigenvalue weighted by molar-refractivity contribution is 14.1. The Hall–Kier alpha value is 0.580. The lowest BCUT2D eigenvalue weighted by Gasteiger charge is -2.09. The summed E-state index contributed by atoms with van der Waals surface area (Å²) < 4.78 is 8.87. The Morgan fingerprint density at radius 2 is 1.89 bits per heavy atom. The van der Waals surface area contributed by atoms with Crippen LogP contribution in [0.5, 0.6) is 5.75 Å². The first kappa shape index (κ1) is 15.0.